The molecule has 1 aliphatic rings. The van der Waals surface area contributed by atoms with Gasteiger partial charge in [0.1, 0.15) is 6.07 Å². The Bertz CT molecular complexity index is 398. The number of anilines is 1. The van der Waals surface area contributed by atoms with Crippen molar-refractivity contribution in [3.63, 3.8) is 0 Å². The van der Waals surface area contributed by atoms with E-state index in [9.17, 15) is 0 Å². The van der Waals surface area contributed by atoms with Crippen LogP contribution in [0.3, 0.4) is 0 Å². The normalized spacial score (nSPS) is 16.6. The average molecular weight is 215 g/mol. The summed E-state index contributed by atoms with van der Waals surface area (Å²) in [6, 6.07) is 8.23. The number of para-hydroxylation sites is 1. The second-order valence-corrected chi connectivity index (χ2v) is 4.17. The number of rotatable bonds is 1. The summed E-state index contributed by atoms with van der Waals surface area (Å²) < 4.78 is 0. The van der Waals surface area contributed by atoms with Crippen molar-refractivity contribution in [2.24, 2.45) is 0 Å². The summed E-state index contributed by atoms with van der Waals surface area (Å²) in [5, 5.41) is 12.5. The summed E-state index contributed by atoms with van der Waals surface area (Å²) in [4.78, 5) is 2.33. The number of hydrogen-bond donors (Lipinski definition) is 1. The molecule has 0 saturated carbocycles. The minimum atomic E-state index is 0.793. The second-order valence-electron chi connectivity index (χ2n) is 4.17. The summed E-state index contributed by atoms with van der Waals surface area (Å²) in [5.74, 6) is 0. The molecule has 1 fully saturated rings. The van der Waals surface area contributed by atoms with Gasteiger partial charge in [-0.15, -0.1) is 0 Å². The lowest BCUT2D eigenvalue weighted by Crippen LogP contribution is -2.29. The standard InChI is InChI=1S/C13H17N3/c1-11-4-2-5-12(10-14)13(11)16-8-3-6-15-7-9-16/h2,4-5,15H,3,6-9H2,1H3. The molecular weight excluding hydrogens is 198 g/mol. The van der Waals surface area contributed by atoms with Gasteiger partial charge < -0.3 is 10.2 Å². The molecule has 3 nitrogen and oxygen atoms in total. The lowest BCUT2D eigenvalue weighted by atomic mass is 10.1. The average Bonchev–Trinajstić information content (AvgIpc) is 2.57. The number of aryl methyl sites for hydroxylation is 1. The summed E-state index contributed by atoms with van der Waals surface area (Å²) in [7, 11) is 0. The Hall–Kier alpha value is -1.53. The molecule has 1 aliphatic heterocycles. The van der Waals surface area contributed by atoms with Crippen molar-refractivity contribution in [1.29, 1.82) is 5.26 Å². The van der Waals surface area contributed by atoms with E-state index in [0.29, 0.717) is 0 Å². The molecule has 0 bridgehead atoms. The largest absolute Gasteiger partial charge is 0.369 e. The zero-order chi connectivity index (χ0) is 11.4. The first kappa shape index (κ1) is 11.0. The first-order valence-electron chi connectivity index (χ1n) is 5.78. The van der Waals surface area contributed by atoms with E-state index in [-0.39, 0.29) is 0 Å². The van der Waals surface area contributed by atoms with Crippen LogP contribution in [0, 0.1) is 18.3 Å². The highest BCUT2D eigenvalue weighted by Crippen LogP contribution is 2.24. The van der Waals surface area contributed by atoms with Crippen LogP contribution in [0.2, 0.25) is 0 Å². The van der Waals surface area contributed by atoms with Gasteiger partial charge in [0.2, 0.25) is 0 Å². The minimum Gasteiger partial charge on any atom is -0.369 e. The number of nitrogens with one attached hydrogen (secondary N) is 1. The van der Waals surface area contributed by atoms with E-state index in [1.165, 1.54) is 5.56 Å². The van der Waals surface area contributed by atoms with Gasteiger partial charge in [0, 0.05) is 19.6 Å². The maximum absolute atomic E-state index is 9.15. The van der Waals surface area contributed by atoms with Crippen molar-refractivity contribution in [1.82, 2.24) is 5.32 Å². The fourth-order valence-electron chi connectivity index (χ4n) is 2.24. The van der Waals surface area contributed by atoms with Gasteiger partial charge in [0.25, 0.3) is 0 Å². The summed E-state index contributed by atoms with van der Waals surface area (Å²) in [6.07, 6.45) is 1.14. The molecule has 3 heteroatoms. The van der Waals surface area contributed by atoms with Crippen LogP contribution in [-0.4, -0.2) is 26.2 Å². The van der Waals surface area contributed by atoms with E-state index >= 15 is 0 Å². The molecule has 1 aromatic carbocycles. The third-order valence-corrected chi connectivity index (χ3v) is 3.01. The van der Waals surface area contributed by atoms with Gasteiger partial charge in [-0.1, -0.05) is 12.1 Å². The molecule has 2 rings (SSSR count). The van der Waals surface area contributed by atoms with E-state index in [1.54, 1.807) is 0 Å². The van der Waals surface area contributed by atoms with Crippen LogP contribution in [0.4, 0.5) is 5.69 Å². The molecule has 16 heavy (non-hydrogen) atoms. The van der Waals surface area contributed by atoms with E-state index < -0.39 is 0 Å². The molecule has 1 aromatic rings. The van der Waals surface area contributed by atoms with Gasteiger partial charge in [0.15, 0.2) is 0 Å². The van der Waals surface area contributed by atoms with Crippen molar-refractivity contribution in [3.05, 3.63) is 29.3 Å². The van der Waals surface area contributed by atoms with Crippen LogP contribution in [0.15, 0.2) is 18.2 Å². The molecule has 0 atom stereocenters. The molecule has 0 unspecified atom stereocenters. The van der Waals surface area contributed by atoms with Crippen molar-refractivity contribution < 1.29 is 0 Å². The van der Waals surface area contributed by atoms with Crippen molar-refractivity contribution >= 4 is 5.69 Å². The van der Waals surface area contributed by atoms with Gasteiger partial charge in [-0.25, -0.2) is 0 Å². The number of nitrogens with zero attached hydrogens (tertiary/aromatic N) is 2. The fourth-order valence-corrected chi connectivity index (χ4v) is 2.24. The Balaban J connectivity index is 2.34. The van der Waals surface area contributed by atoms with Gasteiger partial charge in [-0.2, -0.15) is 5.26 Å². The molecule has 0 aromatic heterocycles. The molecule has 1 N–H and O–H groups in total. The van der Waals surface area contributed by atoms with Crippen molar-refractivity contribution in [2.45, 2.75) is 13.3 Å². The Kier molecular flexibility index (Phi) is 3.43. The SMILES string of the molecule is Cc1cccc(C#N)c1N1CCCNCC1. The lowest BCUT2D eigenvalue weighted by Gasteiger charge is -2.25. The Morgan fingerprint density at radius 2 is 2.19 bits per heavy atom. The third-order valence-electron chi connectivity index (χ3n) is 3.01. The van der Waals surface area contributed by atoms with Crippen LogP contribution >= 0.6 is 0 Å². The highest BCUT2D eigenvalue weighted by Gasteiger charge is 2.14. The minimum absolute atomic E-state index is 0.793. The van der Waals surface area contributed by atoms with Gasteiger partial charge >= 0.3 is 0 Å². The summed E-state index contributed by atoms with van der Waals surface area (Å²) >= 11 is 0. The van der Waals surface area contributed by atoms with E-state index in [2.05, 4.69) is 29.3 Å². The van der Waals surface area contributed by atoms with E-state index in [1.807, 2.05) is 12.1 Å². The Labute approximate surface area is 96.7 Å². The molecular formula is C13H17N3. The van der Waals surface area contributed by atoms with Crippen LogP contribution in [0.25, 0.3) is 0 Å². The predicted molar refractivity (Wildman–Crippen MR) is 65.6 cm³/mol. The maximum Gasteiger partial charge on any atom is 0.101 e. The topological polar surface area (TPSA) is 39.1 Å². The monoisotopic (exact) mass is 215 g/mol. The molecule has 1 heterocycles. The van der Waals surface area contributed by atoms with Crippen molar-refractivity contribution in [2.75, 3.05) is 31.1 Å². The number of hydrogen-bond acceptors (Lipinski definition) is 3. The highest BCUT2D eigenvalue weighted by molar-refractivity contribution is 5.64. The van der Waals surface area contributed by atoms with E-state index in [4.69, 9.17) is 5.26 Å². The molecule has 1 saturated heterocycles. The van der Waals surface area contributed by atoms with Crippen LogP contribution in [-0.2, 0) is 0 Å². The predicted octanol–water partition coefficient (Wildman–Crippen LogP) is 1.67. The number of nitriles is 1. The van der Waals surface area contributed by atoms with Crippen LogP contribution in [0.5, 0.6) is 0 Å². The maximum atomic E-state index is 9.15. The van der Waals surface area contributed by atoms with Crippen LogP contribution < -0.4 is 10.2 Å². The first-order valence-corrected chi connectivity index (χ1v) is 5.78. The van der Waals surface area contributed by atoms with Gasteiger partial charge in [-0.3, -0.25) is 0 Å². The summed E-state index contributed by atoms with van der Waals surface area (Å²) in [6.45, 7) is 6.17. The molecule has 84 valence electrons. The number of benzene rings is 1. The van der Waals surface area contributed by atoms with E-state index in [0.717, 1.165) is 43.9 Å². The highest BCUT2D eigenvalue weighted by atomic mass is 15.2. The first-order chi connectivity index (χ1) is 7.83. The lowest BCUT2D eigenvalue weighted by molar-refractivity contribution is 0.724. The molecule has 0 aliphatic carbocycles. The quantitative estimate of drug-likeness (QED) is 0.774. The fraction of sp³-hybridized carbons (Fsp3) is 0.462. The Morgan fingerprint density at radius 1 is 1.31 bits per heavy atom. The second kappa shape index (κ2) is 5.00. The zero-order valence-electron chi connectivity index (χ0n) is 9.66. The molecule has 0 amide bonds. The summed E-state index contributed by atoms with van der Waals surface area (Å²) in [5.41, 5.74) is 3.11. The van der Waals surface area contributed by atoms with Crippen molar-refractivity contribution in [3.8, 4) is 6.07 Å². The third kappa shape index (κ3) is 2.17. The Morgan fingerprint density at radius 3 is 3.00 bits per heavy atom. The zero-order valence-corrected chi connectivity index (χ0v) is 9.66. The smallest absolute Gasteiger partial charge is 0.101 e. The molecule has 0 spiro atoms. The van der Waals surface area contributed by atoms with Crippen LogP contribution in [0.1, 0.15) is 17.5 Å². The molecule has 0 radical (unpaired) electrons. The van der Waals surface area contributed by atoms with Gasteiger partial charge in [-0.05, 0) is 31.5 Å². The van der Waals surface area contributed by atoms with Gasteiger partial charge in [0.05, 0.1) is 11.3 Å².